The van der Waals surface area contributed by atoms with Crippen LogP contribution < -0.4 is 15.6 Å². The van der Waals surface area contributed by atoms with Gasteiger partial charge in [0.15, 0.2) is 11.3 Å². The number of benzene rings is 3. The molecule has 6 nitrogen and oxygen atoms in total. The first-order chi connectivity index (χ1) is 14.7. The van der Waals surface area contributed by atoms with Crippen LogP contribution in [-0.4, -0.2) is 13.0 Å². The van der Waals surface area contributed by atoms with Gasteiger partial charge in [0.25, 0.3) is 5.91 Å². The number of rotatable bonds is 4. The van der Waals surface area contributed by atoms with Crippen LogP contribution in [0.3, 0.4) is 0 Å². The van der Waals surface area contributed by atoms with Gasteiger partial charge in [-0.1, -0.05) is 36.4 Å². The summed E-state index contributed by atoms with van der Waals surface area (Å²) in [6.45, 7) is 0. The fraction of sp³-hybridized carbons (Fsp3) is 0.0417. The molecule has 4 rings (SSSR count). The summed E-state index contributed by atoms with van der Waals surface area (Å²) in [5, 5.41) is 12.7. The number of hydrogen-bond donors (Lipinski definition) is 1. The average Bonchev–Trinajstić information content (AvgIpc) is 2.79. The highest BCUT2D eigenvalue weighted by Crippen LogP contribution is 2.25. The number of carbonyl (C=O) groups excluding carboxylic acids is 1. The summed E-state index contributed by atoms with van der Waals surface area (Å²) in [6, 6.07) is 25.1. The molecule has 30 heavy (non-hydrogen) atoms. The first-order valence-electron chi connectivity index (χ1n) is 9.20. The molecule has 0 bridgehead atoms. The van der Waals surface area contributed by atoms with E-state index in [-0.39, 0.29) is 17.0 Å². The van der Waals surface area contributed by atoms with E-state index in [9.17, 15) is 4.79 Å². The summed E-state index contributed by atoms with van der Waals surface area (Å²) in [6.07, 6.45) is 0. The van der Waals surface area contributed by atoms with Crippen LogP contribution in [0.15, 0.2) is 88.3 Å². The van der Waals surface area contributed by atoms with Crippen LogP contribution in [0, 0.1) is 11.3 Å². The standard InChI is InChI=1S/C24H17N3O3/c1-29-21-12-6-8-17-14-20(23(28)26-18-9-3-2-4-10-18)24(30-22(17)21)27-19-11-5-7-16(13-19)15-25/h2-14H,1H3,(H,26,28). The molecule has 0 aliphatic rings. The predicted molar refractivity (Wildman–Crippen MR) is 114 cm³/mol. The molecule has 0 radical (unpaired) electrons. The number of nitrogens with zero attached hydrogens (tertiary/aromatic N) is 2. The molecule has 1 N–H and O–H groups in total. The molecule has 6 heteroatoms. The Balaban J connectivity index is 1.91. The largest absolute Gasteiger partial charge is 0.493 e. The molecule has 0 aliphatic carbocycles. The van der Waals surface area contributed by atoms with Gasteiger partial charge < -0.3 is 14.5 Å². The van der Waals surface area contributed by atoms with Crippen LogP contribution in [-0.2, 0) is 0 Å². The molecular weight excluding hydrogens is 378 g/mol. The Bertz CT molecular complexity index is 1340. The van der Waals surface area contributed by atoms with Crippen LogP contribution in [0.2, 0.25) is 0 Å². The molecule has 0 spiro atoms. The monoisotopic (exact) mass is 395 g/mol. The first-order valence-corrected chi connectivity index (χ1v) is 9.20. The fourth-order valence-corrected chi connectivity index (χ4v) is 3.01. The molecule has 1 amide bonds. The molecular formula is C24H17N3O3. The van der Waals surface area contributed by atoms with Gasteiger partial charge in [0.1, 0.15) is 5.56 Å². The number of methoxy groups -OCH3 is 1. The normalized spacial score (nSPS) is 11.1. The number of nitriles is 1. The van der Waals surface area contributed by atoms with E-state index < -0.39 is 0 Å². The Morgan fingerprint density at radius 3 is 2.60 bits per heavy atom. The van der Waals surface area contributed by atoms with Crippen molar-refractivity contribution in [1.82, 2.24) is 0 Å². The van der Waals surface area contributed by atoms with Gasteiger partial charge in [-0.05, 0) is 42.5 Å². The number of fused-ring (bicyclic) bond motifs is 1. The molecule has 0 saturated carbocycles. The molecule has 0 fully saturated rings. The maximum atomic E-state index is 13.0. The van der Waals surface area contributed by atoms with Gasteiger partial charge in [0.2, 0.25) is 5.55 Å². The van der Waals surface area contributed by atoms with Crippen molar-refractivity contribution in [2.45, 2.75) is 0 Å². The molecule has 3 aromatic carbocycles. The first kappa shape index (κ1) is 19.0. The number of anilines is 1. The highest BCUT2D eigenvalue weighted by molar-refractivity contribution is 6.05. The van der Waals surface area contributed by atoms with Crippen LogP contribution in [0.25, 0.3) is 11.0 Å². The summed E-state index contributed by atoms with van der Waals surface area (Å²) < 4.78 is 11.4. The van der Waals surface area contributed by atoms with Gasteiger partial charge in [-0.3, -0.25) is 4.79 Å². The van der Waals surface area contributed by atoms with Crippen molar-refractivity contribution in [3.8, 4) is 11.8 Å². The zero-order valence-corrected chi connectivity index (χ0v) is 16.1. The number of hydrogen-bond acceptors (Lipinski definition) is 5. The molecule has 1 heterocycles. The number of nitrogens with one attached hydrogen (secondary N) is 1. The van der Waals surface area contributed by atoms with E-state index >= 15 is 0 Å². The second-order valence-electron chi connectivity index (χ2n) is 6.44. The molecule has 0 saturated heterocycles. The zero-order valence-electron chi connectivity index (χ0n) is 16.1. The fourth-order valence-electron chi connectivity index (χ4n) is 3.01. The van der Waals surface area contributed by atoms with Crippen molar-refractivity contribution in [3.63, 3.8) is 0 Å². The van der Waals surface area contributed by atoms with Crippen LogP contribution in [0.5, 0.6) is 5.75 Å². The molecule has 146 valence electrons. The van der Waals surface area contributed by atoms with Crippen LogP contribution in [0.4, 0.5) is 11.4 Å². The summed E-state index contributed by atoms with van der Waals surface area (Å²) in [4.78, 5) is 17.5. The van der Waals surface area contributed by atoms with Gasteiger partial charge in [0, 0.05) is 11.1 Å². The Kier molecular flexibility index (Phi) is 5.27. The second-order valence-corrected chi connectivity index (χ2v) is 6.44. The summed E-state index contributed by atoms with van der Waals surface area (Å²) >= 11 is 0. The zero-order chi connectivity index (χ0) is 20.9. The lowest BCUT2D eigenvalue weighted by atomic mass is 10.1. The second kappa shape index (κ2) is 8.33. The lowest BCUT2D eigenvalue weighted by Gasteiger charge is -2.09. The molecule has 0 atom stereocenters. The van der Waals surface area contributed by atoms with Crippen LogP contribution in [0.1, 0.15) is 15.9 Å². The van der Waals surface area contributed by atoms with Crippen molar-refractivity contribution in [1.29, 1.82) is 5.26 Å². The van der Waals surface area contributed by atoms with Gasteiger partial charge >= 0.3 is 0 Å². The minimum Gasteiger partial charge on any atom is -0.493 e. The van der Waals surface area contributed by atoms with Crippen molar-refractivity contribution in [3.05, 3.63) is 95.5 Å². The average molecular weight is 395 g/mol. The number of carbonyl (C=O) groups is 1. The lowest BCUT2D eigenvalue weighted by molar-refractivity contribution is 0.102. The molecule has 1 aromatic heterocycles. The van der Waals surface area contributed by atoms with E-state index in [1.165, 1.54) is 0 Å². The van der Waals surface area contributed by atoms with Gasteiger partial charge in [-0.2, -0.15) is 5.26 Å². The van der Waals surface area contributed by atoms with E-state index in [4.69, 9.17) is 14.4 Å². The van der Waals surface area contributed by atoms with Crippen molar-refractivity contribution >= 4 is 28.3 Å². The topological polar surface area (TPSA) is 87.6 Å². The molecule has 4 aromatic rings. The number of para-hydroxylation sites is 2. The van der Waals surface area contributed by atoms with E-state index in [1.54, 1.807) is 55.6 Å². The molecule has 0 aliphatic heterocycles. The number of amides is 1. The Hall–Kier alpha value is -4.37. The molecule has 0 unspecified atom stereocenters. The number of ether oxygens (including phenoxy) is 1. The van der Waals surface area contributed by atoms with E-state index in [2.05, 4.69) is 16.4 Å². The van der Waals surface area contributed by atoms with Gasteiger partial charge in [0.05, 0.1) is 24.4 Å². The third-order valence-electron chi connectivity index (χ3n) is 4.44. The van der Waals surface area contributed by atoms with Crippen molar-refractivity contribution < 1.29 is 13.9 Å². The summed E-state index contributed by atoms with van der Waals surface area (Å²) in [7, 11) is 1.55. The highest BCUT2D eigenvalue weighted by Gasteiger charge is 2.15. The van der Waals surface area contributed by atoms with Crippen molar-refractivity contribution in [2.24, 2.45) is 4.99 Å². The van der Waals surface area contributed by atoms with E-state index in [0.29, 0.717) is 33.7 Å². The van der Waals surface area contributed by atoms with Gasteiger partial charge in [-0.15, -0.1) is 0 Å². The van der Waals surface area contributed by atoms with E-state index in [1.807, 2.05) is 30.3 Å². The summed E-state index contributed by atoms with van der Waals surface area (Å²) in [5.74, 6) is 0.176. The third-order valence-corrected chi connectivity index (χ3v) is 4.44. The maximum absolute atomic E-state index is 13.0. The van der Waals surface area contributed by atoms with Crippen molar-refractivity contribution in [2.75, 3.05) is 12.4 Å². The Morgan fingerprint density at radius 2 is 1.83 bits per heavy atom. The SMILES string of the molecule is COc1cccc2cc(C(=O)Nc3ccccc3)c(=Nc3cccc(C#N)c3)oc12. The maximum Gasteiger partial charge on any atom is 0.261 e. The van der Waals surface area contributed by atoms with Gasteiger partial charge in [-0.25, -0.2) is 4.99 Å². The Morgan fingerprint density at radius 1 is 1.03 bits per heavy atom. The van der Waals surface area contributed by atoms with Crippen LogP contribution >= 0.6 is 0 Å². The minimum atomic E-state index is -0.357. The third kappa shape index (κ3) is 3.91. The predicted octanol–water partition coefficient (Wildman–Crippen LogP) is 4.80. The quantitative estimate of drug-likeness (QED) is 0.538. The Labute approximate surface area is 172 Å². The highest BCUT2D eigenvalue weighted by atomic mass is 16.5. The lowest BCUT2D eigenvalue weighted by Crippen LogP contribution is -2.21. The summed E-state index contributed by atoms with van der Waals surface area (Å²) in [5.41, 5.74) is 2.49. The smallest absolute Gasteiger partial charge is 0.261 e. The van der Waals surface area contributed by atoms with E-state index in [0.717, 1.165) is 0 Å². The minimum absolute atomic E-state index is 0.121.